The van der Waals surface area contributed by atoms with E-state index in [9.17, 15) is 14.7 Å². The van der Waals surface area contributed by atoms with E-state index in [1.54, 1.807) is 18.2 Å². The molecule has 0 saturated carbocycles. The average molecular weight is 411 g/mol. The average Bonchev–Trinajstić information content (AvgIpc) is 2.91. The van der Waals surface area contributed by atoms with Gasteiger partial charge in [-0.1, -0.05) is 60.4 Å². The lowest BCUT2D eigenvalue weighted by atomic mass is 10.1. The van der Waals surface area contributed by atoms with Crippen LogP contribution in [0.4, 0.5) is 5.69 Å². The molecular formula is C21H18N2O3S2. The first-order valence-electron chi connectivity index (χ1n) is 8.50. The minimum atomic E-state index is -0.361. The third-order valence-electron chi connectivity index (χ3n) is 3.88. The summed E-state index contributed by atoms with van der Waals surface area (Å²) in [6.07, 6.45) is 3.76. The Morgan fingerprint density at radius 1 is 1.18 bits per heavy atom. The number of nitrogens with zero attached hydrogens (tertiary/aromatic N) is 1. The Kier molecular flexibility index (Phi) is 6.28. The highest BCUT2D eigenvalue weighted by atomic mass is 32.2. The summed E-state index contributed by atoms with van der Waals surface area (Å²) < 4.78 is 0.351. The second-order valence-corrected chi connectivity index (χ2v) is 7.84. The van der Waals surface area contributed by atoms with Crippen LogP contribution in [0.1, 0.15) is 12.5 Å². The number of anilines is 1. The normalized spacial score (nSPS) is 16.0. The quantitative estimate of drug-likeness (QED) is 0.440. The number of nitrogens with one attached hydrogen (secondary N) is 1. The maximum Gasteiger partial charge on any atom is 0.266 e. The molecule has 3 rings (SSSR count). The van der Waals surface area contributed by atoms with Crippen LogP contribution in [0.3, 0.4) is 0 Å². The van der Waals surface area contributed by atoms with Crippen LogP contribution in [0.15, 0.2) is 71.2 Å². The first-order chi connectivity index (χ1) is 13.4. The molecule has 2 N–H and O–H groups in total. The molecule has 0 aliphatic carbocycles. The highest BCUT2D eigenvalue weighted by Crippen LogP contribution is 2.32. The van der Waals surface area contributed by atoms with Gasteiger partial charge in [0.2, 0.25) is 5.91 Å². The highest BCUT2D eigenvalue weighted by Gasteiger charge is 2.33. The van der Waals surface area contributed by atoms with Gasteiger partial charge < -0.3 is 10.4 Å². The number of carbonyl (C=O) groups excluding carboxylic acids is 2. The van der Waals surface area contributed by atoms with E-state index in [-0.39, 0.29) is 24.1 Å². The van der Waals surface area contributed by atoms with Gasteiger partial charge in [0.1, 0.15) is 16.6 Å². The van der Waals surface area contributed by atoms with Crippen molar-refractivity contribution in [3.63, 3.8) is 0 Å². The summed E-state index contributed by atoms with van der Waals surface area (Å²) in [5.41, 5.74) is 2.49. The number of hydrogen-bond donors (Lipinski definition) is 2. The molecule has 1 heterocycles. The predicted molar refractivity (Wildman–Crippen MR) is 117 cm³/mol. The van der Waals surface area contributed by atoms with Crippen molar-refractivity contribution >= 4 is 51.9 Å². The number of rotatable bonds is 5. The molecule has 2 aromatic rings. The molecule has 0 bridgehead atoms. The number of hydrogen-bond acceptors (Lipinski definition) is 5. The van der Waals surface area contributed by atoms with Gasteiger partial charge in [-0.3, -0.25) is 14.5 Å². The predicted octanol–water partition coefficient (Wildman–Crippen LogP) is 4.18. The summed E-state index contributed by atoms with van der Waals surface area (Å²) in [7, 11) is 0. The second kappa shape index (κ2) is 8.86. The third kappa shape index (κ3) is 5.09. The van der Waals surface area contributed by atoms with Gasteiger partial charge in [0.25, 0.3) is 5.91 Å². The largest absolute Gasteiger partial charge is 0.508 e. The summed E-state index contributed by atoms with van der Waals surface area (Å²) in [6, 6.07) is 15.9. The Labute approximate surface area is 172 Å². The van der Waals surface area contributed by atoms with E-state index in [0.29, 0.717) is 14.9 Å². The van der Waals surface area contributed by atoms with Crippen LogP contribution in [0.5, 0.6) is 5.75 Å². The van der Waals surface area contributed by atoms with Crippen LogP contribution in [0.25, 0.3) is 6.08 Å². The Bertz CT molecular complexity index is 967. The molecule has 2 amide bonds. The Morgan fingerprint density at radius 3 is 2.54 bits per heavy atom. The zero-order chi connectivity index (χ0) is 20.1. The molecule has 0 radical (unpaired) electrons. The lowest BCUT2D eigenvalue weighted by Gasteiger charge is -2.14. The lowest BCUT2D eigenvalue weighted by molar-refractivity contribution is -0.126. The molecule has 5 nitrogen and oxygen atoms in total. The molecule has 2 aromatic carbocycles. The number of phenolic OH excluding ortho intramolecular Hbond substituents is 1. The topological polar surface area (TPSA) is 69.6 Å². The SMILES string of the molecule is CC(/C=C1\SC(=S)N(CC(=O)Nc2ccc(O)cc2)C1=O)=C\c1ccccc1. The maximum atomic E-state index is 12.6. The highest BCUT2D eigenvalue weighted by molar-refractivity contribution is 8.26. The number of aromatic hydroxyl groups is 1. The van der Waals surface area contributed by atoms with E-state index in [1.165, 1.54) is 28.8 Å². The van der Waals surface area contributed by atoms with Gasteiger partial charge in [0.15, 0.2) is 0 Å². The van der Waals surface area contributed by atoms with E-state index in [4.69, 9.17) is 12.2 Å². The van der Waals surface area contributed by atoms with Gasteiger partial charge in [0.05, 0.1) is 4.91 Å². The Balaban J connectivity index is 1.66. The fourth-order valence-corrected chi connectivity index (χ4v) is 3.89. The van der Waals surface area contributed by atoms with Crippen LogP contribution in [-0.2, 0) is 9.59 Å². The Hall–Kier alpha value is -2.90. The first kappa shape index (κ1) is 19.9. The van der Waals surface area contributed by atoms with E-state index < -0.39 is 0 Å². The van der Waals surface area contributed by atoms with E-state index in [1.807, 2.05) is 43.3 Å². The first-order valence-corrected chi connectivity index (χ1v) is 9.72. The van der Waals surface area contributed by atoms with Crippen LogP contribution in [0, 0.1) is 0 Å². The lowest BCUT2D eigenvalue weighted by Crippen LogP contribution is -2.36. The summed E-state index contributed by atoms with van der Waals surface area (Å²) in [5.74, 6) is -0.532. The van der Waals surface area contributed by atoms with Crippen LogP contribution < -0.4 is 5.32 Å². The number of thioether (sulfide) groups is 1. The van der Waals surface area contributed by atoms with Crippen molar-refractivity contribution in [3.05, 3.63) is 76.7 Å². The van der Waals surface area contributed by atoms with E-state index >= 15 is 0 Å². The number of allylic oxidation sites excluding steroid dienone is 2. The number of phenols is 1. The molecule has 142 valence electrons. The minimum absolute atomic E-state index is 0.110. The number of carbonyl (C=O) groups is 2. The van der Waals surface area contributed by atoms with Crippen molar-refractivity contribution in [2.45, 2.75) is 6.92 Å². The van der Waals surface area contributed by atoms with Gasteiger partial charge in [-0.05, 0) is 48.4 Å². The molecule has 0 spiro atoms. The summed E-state index contributed by atoms with van der Waals surface area (Å²) in [4.78, 5) is 26.7. The summed E-state index contributed by atoms with van der Waals surface area (Å²) in [5, 5.41) is 12.0. The number of benzene rings is 2. The van der Waals surface area contributed by atoms with Crippen LogP contribution in [-0.4, -0.2) is 32.7 Å². The molecule has 7 heteroatoms. The maximum absolute atomic E-state index is 12.6. The molecule has 0 aromatic heterocycles. The zero-order valence-electron chi connectivity index (χ0n) is 15.1. The van der Waals surface area contributed by atoms with E-state index in [0.717, 1.165) is 11.1 Å². The van der Waals surface area contributed by atoms with Crippen molar-refractivity contribution in [2.75, 3.05) is 11.9 Å². The molecular weight excluding hydrogens is 392 g/mol. The molecule has 1 fully saturated rings. The van der Waals surface area contributed by atoms with Gasteiger partial charge >= 0.3 is 0 Å². The fraction of sp³-hybridized carbons (Fsp3) is 0.0952. The molecule has 28 heavy (non-hydrogen) atoms. The van der Waals surface area contributed by atoms with Crippen LogP contribution in [0.2, 0.25) is 0 Å². The fourth-order valence-electron chi connectivity index (χ4n) is 2.59. The molecule has 0 unspecified atom stereocenters. The van der Waals surface area contributed by atoms with Crippen molar-refractivity contribution in [1.29, 1.82) is 0 Å². The van der Waals surface area contributed by atoms with Gasteiger partial charge in [-0.2, -0.15) is 0 Å². The van der Waals surface area contributed by atoms with Crippen molar-refractivity contribution in [3.8, 4) is 5.75 Å². The van der Waals surface area contributed by atoms with E-state index in [2.05, 4.69) is 5.32 Å². The van der Waals surface area contributed by atoms with Crippen molar-refractivity contribution in [1.82, 2.24) is 4.90 Å². The van der Waals surface area contributed by atoms with Crippen molar-refractivity contribution in [2.24, 2.45) is 0 Å². The molecule has 1 aliphatic heterocycles. The second-order valence-electron chi connectivity index (χ2n) is 6.16. The van der Waals surface area contributed by atoms with Gasteiger partial charge in [-0.15, -0.1) is 0 Å². The summed E-state index contributed by atoms with van der Waals surface area (Å²) in [6.45, 7) is 1.75. The standard InChI is InChI=1S/C21H18N2O3S2/c1-14(11-15-5-3-2-4-6-15)12-18-20(26)23(21(27)28-18)13-19(25)22-16-7-9-17(24)10-8-16/h2-12,24H,13H2,1H3,(H,22,25)/b14-11+,18-12-. The molecule has 1 aliphatic rings. The minimum Gasteiger partial charge on any atom is -0.508 e. The summed E-state index contributed by atoms with van der Waals surface area (Å²) >= 11 is 6.46. The monoisotopic (exact) mass is 410 g/mol. The van der Waals surface area contributed by atoms with Crippen molar-refractivity contribution < 1.29 is 14.7 Å². The van der Waals surface area contributed by atoms with Crippen LogP contribution >= 0.6 is 24.0 Å². The van der Waals surface area contributed by atoms with Gasteiger partial charge in [0, 0.05) is 5.69 Å². The molecule has 0 atom stereocenters. The third-order valence-corrected chi connectivity index (χ3v) is 5.26. The Morgan fingerprint density at radius 2 is 1.86 bits per heavy atom. The van der Waals surface area contributed by atoms with Gasteiger partial charge in [-0.25, -0.2) is 0 Å². The number of amides is 2. The smallest absolute Gasteiger partial charge is 0.266 e. The number of thiocarbonyl (C=S) groups is 1. The molecule has 1 saturated heterocycles. The zero-order valence-corrected chi connectivity index (χ0v) is 16.7.